The number of nitriles is 1. The van der Waals surface area contributed by atoms with E-state index in [1.807, 2.05) is 13.8 Å². The molecule has 216 valence electrons. The van der Waals surface area contributed by atoms with Gasteiger partial charge in [-0.25, -0.2) is 0 Å². The van der Waals surface area contributed by atoms with Gasteiger partial charge >= 0.3 is 0 Å². The van der Waals surface area contributed by atoms with E-state index in [0.717, 1.165) is 0 Å². The number of benzene rings is 2. The fourth-order valence-electron chi connectivity index (χ4n) is 5.12. The van der Waals surface area contributed by atoms with Crippen molar-refractivity contribution >= 4 is 68.8 Å². The van der Waals surface area contributed by atoms with Crippen LogP contribution >= 0.6 is 46.3 Å². The summed E-state index contributed by atoms with van der Waals surface area (Å²) in [5.41, 5.74) is 8.87. The van der Waals surface area contributed by atoms with Crippen molar-refractivity contribution in [2.45, 2.75) is 36.9 Å². The Morgan fingerprint density at radius 1 is 1.24 bits per heavy atom. The van der Waals surface area contributed by atoms with Gasteiger partial charge in [-0.05, 0) is 53.8 Å². The topological polar surface area (TPSA) is 134 Å². The molecule has 0 spiro atoms. The fraction of sp³-hybridized carbons (Fsp3) is 0.276. The SMILES string of the molecule is COc1ccc(NC(=O)CSc2nnc(N3C(N)=C(C#N)C(c4ccc(Cl)cc4Cl)C4=C3CC(C)(C)CC4=O)s2)cc1. The van der Waals surface area contributed by atoms with Gasteiger partial charge in [-0.2, -0.15) is 5.26 Å². The number of hydrogen-bond acceptors (Lipinski definition) is 10. The first-order valence-corrected chi connectivity index (χ1v) is 15.4. The molecule has 0 fully saturated rings. The Balaban J connectivity index is 1.45. The van der Waals surface area contributed by atoms with Crippen LogP contribution in [-0.4, -0.2) is 34.8 Å². The molecule has 1 aliphatic heterocycles. The monoisotopic (exact) mass is 640 g/mol. The molecule has 2 heterocycles. The average molecular weight is 642 g/mol. The van der Waals surface area contributed by atoms with Crippen LogP contribution in [0.3, 0.4) is 0 Å². The maximum absolute atomic E-state index is 13.7. The normalized spacial score (nSPS) is 18.0. The molecular weight excluding hydrogens is 615 g/mol. The van der Waals surface area contributed by atoms with Crippen molar-refractivity contribution in [3.8, 4) is 11.8 Å². The number of carbonyl (C=O) groups is 2. The van der Waals surface area contributed by atoms with Gasteiger partial charge in [-0.3, -0.25) is 14.5 Å². The fourth-order valence-corrected chi connectivity index (χ4v) is 7.32. The molecule has 0 radical (unpaired) electrons. The van der Waals surface area contributed by atoms with E-state index in [0.29, 0.717) is 60.6 Å². The summed E-state index contributed by atoms with van der Waals surface area (Å²) < 4.78 is 5.68. The van der Waals surface area contributed by atoms with E-state index in [2.05, 4.69) is 21.6 Å². The molecule has 2 aliphatic rings. The van der Waals surface area contributed by atoms with Crippen molar-refractivity contribution in [1.29, 1.82) is 5.26 Å². The van der Waals surface area contributed by atoms with Crippen molar-refractivity contribution in [3.05, 3.63) is 80.7 Å². The zero-order valence-corrected chi connectivity index (χ0v) is 26.0. The van der Waals surface area contributed by atoms with Crippen LogP contribution in [0, 0.1) is 16.7 Å². The van der Waals surface area contributed by atoms with Crippen LogP contribution in [0.15, 0.2) is 69.5 Å². The Morgan fingerprint density at radius 3 is 2.64 bits per heavy atom. The van der Waals surface area contributed by atoms with Crippen molar-refractivity contribution in [2.75, 3.05) is 23.1 Å². The second-order valence-electron chi connectivity index (χ2n) is 10.6. The summed E-state index contributed by atoms with van der Waals surface area (Å²) in [7, 11) is 1.58. The second kappa shape index (κ2) is 12.0. The van der Waals surface area contributed by atoms with Gasteiger partial charge in [0.25, 0.3) is 0 Å². The summed E-state index contributed by atoms with van der Waals surface area (Å²) in [5, 5.41) is 22.9. The maximum Gasteiger partial charge on any atom is 0.234 e. The standard InChI is InChI=1S/C29H26Cl2N6O3S2/c1-29(2)11-21-25(22(38)12-29)24(18-9-4-15(30)10-20(18)31)19(13-32)26(33)37(21)27-35-36-28(42-27)41-14-23(39)34-16-5-7-17(40-3)8-6-16/h4-10,24H,11-12,14,33H2,1-3H3,(H,34,39). The number of ether oxygens (including phenoxy) is 1. The minimum absolute atomic E-state index is 0.0863. The first-order chi connectivity index (χ1) is 20.0. The number of carbonyl (C=O) groups excluding carboxylic acids is 2. The largest absolute Gasteiger partial charge is 0.497 e. The molecule has 42 heavy (non-hydrogen) atoms. The molecule has 3 N–H and O–H groups in total. The lowest BCUT2D eigenvalue weighted by atomic mass is 9.68. The van der Waals surface area contributed by atoms with Crippen LogP contribution < -0.4 is 20.7 Å². The Labute approximate surface area is 261 Å². The number of nitrogens with zero attached hydrogens (tertiary/aromatic N) is 4. The highest BCUT2D eigenvalue weighted by atomic mass is 35.5. The lowest BCUT2D eigenvalue weighted by Crippen LogP contribution is -2.42. The van der Waals surface area contributed by atoms with Crippen molar-refractivity contribution < 1.29 is 14.3 Å². The summed E-state index contributed by atoms with van der Waals surface area (Å²) in [6, 6.07) is 14.2. The van der Waals surface area contributed by atoms with Gasteiger partial charge in [0.05, 0.1) is 30.4 Å². The molecule has 1 atom stereocenters. The summed E-state index contributed by atoms with van der Waals surface area (Å²) in [4.78, 5) is 27.9. The Hall–Kier alpha value is -3.56. The second-order valence-corrected chi connectivity index (χ2v) is 13.6. The number of Topliss-reactive ketones (excluding diaryl/α,β-unsaturated/α-hetero) is 1. The molecule has 1 aromatic heterocycles. The molecule has 0 saturated heterocycles. The van der Waals surface area contributed by atoms with Crippen LogP contribution in [0.4, 0.5) is 10.8 Å². The number of methoxy groups -OCH3 is 1. The number of halogens is 2. The van der Waals surface area contributed by atoms with Gasteiger partial charge < -0.3 is 15.8 Å². The van der Waals surface area contributed by atoms with Crippen LogP contribution in [0.25, 0.3) is 0 Å². The van der Waals surface area contributed by atoms with E-state index in [4.69, 9.17) is 33.7 Å². The summed E-state index contributed by atoms with van der Waals surface area (Å²) >= 11 is 15.2. The Kier molecular flexibility index (Phi) is 8.53. The first kappa shape index (κ1) is 29.9. The highest BCUT2D eigenvalue weighted by Crippen LogP contribution is 2.51. The Morgan fingerprint density at radius 2 is 1.98 bits per heavy atom. The van der Waals surface area contributed by atoms with Crippen LogP contribution in [0.5, 0.6) is 5.75 Å². The minimum Gasteiger partial charge on any atom is -0.497 e. The molecule has 2 aromatic carbocycles. The number of allylic oxidation sites excluding steroid dienone is 3. The number of nitrogens with two attached hydrogens (primary N) is 1. The van der Waals surface area contributed by atoms with Crippen molar-refractivity contribution in [3.63, 3.8) is 0 Å². The van der Waals surface area contributed by atoms with E-state index in [-0.39, 0.29) is 34.3 Å². The van der Waals surface area contributed by atoms with Crippen molar-refractivity contribution in [1.82, 2.24) is 10.2 Å². The molecule has 0 saturated carbocycles. The Bertz CT molecular complexity index is 1680. The van der Waals surface area contributed by atoms with E-state index in [1.54, 1.807) is 54.5 Å². The molecule has 1 amide bonds. The zero-order valence-electron chi connectivity index (χ0n) is 22.9. The summed E-state index contributed by atoms with van der Waals surface area (Å²) in [6.07, 6.45) is 0.821. The van der Waals surface area contributed by atoms with E-state index < -0.39 is 5.92 Å². The number of rotatable bonds is 7. The van der Waals surface area contributed by atoms with Crippen LogP contribution in [-0.2, 0) is 9.59 Å². The quantitative estimate of drug-likeness (QED) is 0.276. The summed E-state index contributed by atoms with van der Waals surface area (Å²) in [6.45, 7) is 4.03. The molecule has 0 bridgehead atoms. The van der Waals surface area contributed by atoms with Gasteiger partial charge in [-0.15, -0.1) is 10.2 Å². The molecular formula is C29H26Cl2N6O3S2. The third-order valence-electron chi connectivity index (χ3n) is 6.94. The maximum atomic E-state index is 13.7. The highest BCUT2D eigenvalue weighted by molar-refractivity contribution is 8.01. The number of anilines is 2. The molecule has 3 aromatic rings. The van der Waals surface area contributed by atoms with Crippen LogP contribution in [0.2, 0.25) is 10.0 Å². The summed E-state index contributed by atoms with van der Waals surface area (Å²) in [5.74, 6) is -0.0827. The van der Waals surface area contributed by atoms with Gasteiger partial charge in [0.2, 0.25) is 11.0 Å². The van der Waals surface area contributed by atoms with Crippen LogP contribution in [0.1, 0.15) is 38.2 Å². The zero-order chi connectivity index (χ0) is 30.2. The number of thioether (sulfide) groups is 1. The van der Waals surface area contributed by atoms with E-state index in [9.17, 15) is 14.9 Å². The van der Waals surface area contributed by atoms with E-state index in [1.165, 1.54) is 23.1 Å². The molecule has 13 heteroatoms. The van der Waals surface area contributed by atoms with Gasteiger partial charge in [-0.1, -0.05) is 66.2 Å². The van der Waals surface area contributed by atoms with Gasteiger partial charge in [0.1, 0.15) is 11.6 Å². The first-order valence-electron chi connectivity index (χ1n) is 12.8. The predicted molar refractivity (Wildman–Crippen MR) is 166 cm³/mol. The van der Waals surface area contributed by atoms with Crippen molar-refractivity contribution in [2.24, 2.45) is 11.1 Å². The number of aromatic nitrogens is 2. The lowest BCUT2D eigenvalue weighted by Gasteiger charge is -2.42. The minimum atomic E-state index is -0.738. The van der Waals surface area contributed by atoms with Gasteiger partial charge in [0.15, 0.2) is 10.1 Å². The van der Waals surface area contributed by atoms with E-state index >= 15 is 0 Å². The molecule has 5 rings (SSSR count). The molecule has 1 unspecified atom stereocenters. The average Bonchev–Trinajstić information content (AvgIpc) is 3.39. The number of nitrogens with one attached hydrogen (secondary N) is 1. The third kappa shape index (κ3) is 5.99. The third-order valence-corrected chi connectivity index (χ3v) is 9.55. The highest BCUT2D eigenvalue weighted by Gasteiger charge is 2.46. The predicted octanol–water partition coefficient (Wildman–Crippen LogP) is 6.53. The molecule has 9 nitrogen and oxygen atoms in total. The number of ketones is 1. The smallest absolute Gasteiger partial charge is 0.234 e. The lowest BCUT2D eigenvalue weighted by molar-refractivity contribution is -0.118. The van der Waals surface area contributed by atoms with Gasteiger partial charge in [0, 0.05) is 33.4 Å². The number of hydrogen-bond donors (Lipinski definition) is 2. The molecule has 1 aliphatic carbocycles. The number of amides is 1.